The number of carboxylic acids is 1. The van der Waals surface area contributed by atoms with Gasteiger partial charge < -0.3 is 25.9 Å². The fraction of sp³-hybridized carbons (Fsp3) is 0.350. The number of aliphatic carboxylic acids is 1. The highest BCUT2D eigenvalue weighted by Crippen LogP contribution is 2.43. The quantitative estimate of drug-likeness (QED) is 0.261. The van der Waals surface area contributed by atoms with Crippen molar-refractivity contribution in [3.8, 4) is 0 Å². The average Bonchev–Trinajstić information content (AvgIpc) is 3.27. The van der Waals surface area contributed by atoms with Crippen molar-refractivity contribution < 1.29 is 24.3 Å². The molecule has 2 aromatic heterocycles. The van der Waals surface area contributed by atoms with Crippen LogP contribution in [0.1, 0.15) is 18.4 Å². The standard InChI is InChI=1S/C20H21N7O5S2/c1-2-32-25-12(14-24-19(21)34-26-14)15(28)23-13-16(29)27-9-20(18(30)31,10-33-17(13)27)7-6-11-5-3-4-8-22-11/h3-8,13,17H,2,9-10H2,1H3,(H,23,28)(H,30,31)(H2,21,24,26)/t13?,17-,20?/m1/s1. The molecule has 34 heavy (non-hydrogen) atoms. The van der Waals surface area contributed by atoms with Crippen molar-refractivity contribution in [2.75, 3.05) is 24.6 Å². The Hall–Kier alpha value is -3.52. The highest BCUT2D eigenvalue weighted by Gasteiger charge is 2.57. The average molecular weight is 504 g/mol. The third kappa shape index (κ3) is 4.59. The second kappa shape index (κ2) is 9.77. The number of carbonyl (C=O) groups excluding carboxylic acids is 2. The predicted molar refractivity (Wildman–Crippen MR) is 126 cm³/mol. The molecular formula is C20H21N7O5S2. The van der Waals surface area contributed by atoms with Gasteiger partial charge in [-0.2, -0.15) is 9.36 Å². The minimum absolute atomic E-state index is 0.00192. The van der Waals surface area contributed by atoms with Crippen molar-refractivity contribution in [3.05, 3.63) is 42.0 Å². The first kappa shape index (κ1) is 23.6. The van der Waals surface area contributed by atoms with Gasteiger partial charge in [0.1, 0.15) is 23.4 Å². The van der Waals surface area contributed by atoms with Crippen LogP contribution in [-0.4, -0.2) is 78.2 Å². The number of oxime groups is 1. The first-order valence-corrected chi connectivity index (χ1v) is 12.0. The zero-order chi connectivity index (χ0) is 24.3. The molecule has 2 aliphatic rings. The first-order valence-electron chi connectivity index (χ1n) is 10.2. The van der Waals surface area contributed by atoms with Gasteiger partial charge in [-0.15, -0.1) is 11.8 Å². The number of thioether (sulfide) groups is 1. The maximum absolute atomic E-state index is 12.8. The summed E-state index contributed by atoms with van der Waals surface area (Å²) in [6.07, 6.45) is 4.83. The molecule has 0 aromatic carbocycles. The van der Waals surface area contributed by atoms with E-state index in [1.165, 1.54) is 16.7 Å². The van der Waals surface area contributed by atoms with Gasteiger partial charge in [-0.05, 0) is 25.1 Å². The van der Waals surface area contributed by atoms with Gasteiger partial charge in [0, 0.05) is 30.0 Å². The maximum atomic E-state index is 12.8. The zero-order valence-electron chi connectivity index (χ0n) is 18.0. The lowest BCUT2D eigenvalue weighted by molar-refractivity contribution is -0.155. The lowest BCUT2D eigenvalue weighted by Gasteiger charge is -2.53. The number of carbonyl (C=O) groups is 3. The fourth-order valence-corrected chi connectivity index (χ4v) is 5.42. The van der Waals surface area contributed by atoms with Gasteiger partial charge in [0.05, 0.1) is 5.69 Å². The number of fused-ring (bicyclic) bond motifs is 1. The van der Waals surface area contributed by atoms with Crippen LogP contribution in [0.25, 0.3) is 6.08 Å². The molecule has 0 aliphatic carbocycles. The number of nitrogens with zero attached hydrogens (tertiary/aromatic N) is 5. The molecule has 4 heterocycles. The highest BCUT2D eigenvalue weighted by molar-refractivity contribution is 8.00. The second-order valence-electron chi connectivity index (χ2n) is 7.48. The number of hydrogen-bond acceptors (Lipinski definition) is 11. The molecule has 2 saturated heterocycles. The number of nitrogens with two attached hydrogens (primary N) is 1. The van der Waals surface area contributed by atoms with E-state index in [0.717, 1.165) is 11.5 Å². The number of pyridine rings is 1. The summed E-state index contributed by atoms with van der Waals surface area (Å²) in [6, 6.07) is 4.49. The van der Waals surface area contributed by atoms with E-state index in [1.54, 1.807) is 43.5 Å². The van der Waals surface area contributed by atoms with Crippen LogP contribution < -0.4 is 11.1 Å². The Bertz CT molecular complexity index is 1160. The first-order chi connectivity index (χ1) is 16.3. The van der Waals surface area contributed by atoms with Crippen LogP contribution in [0, 0.1) is 5.41 Å². The molecule has 0 saturated carbocycles. The molecule has 0 radical (unpaired) electrons. The van der Waals surface area contributed by atoms with Crippen molar-refractivity contribution in [1.29, 1.82) is 0 Å². The molecule has 3 atom stereocenters. The summed E-state index contributed by atoms with van der Waals surface area (Å²) in [5.41, 5.74) is 4.75. The number of aromatic nitrogens is 3. The molecule has 2 amide bonds. The van der Waals surface area contributed by atoms with E-state index in [2.05, 4.69) is 24.8 Å². The molecule has 4 N–H and O–H groups in total. The molecular weight excluding hydrogens is 482 g/mol. The van der Waals surface area contributed by atoms with E-state index in [0.29, 0.717) is 5.69 Å². The van der Waals surface area contributed by atoms with E-state index >= 15 is 0 Å². The summed E-state index contributed by atoms with van der Waals surface area (Å²) in [5.74, 6) is -1.89. The summed E-state index contributed by atoms with van der Waals surface area (Å²) in [7, 11) is 0. The van der Waals surface area contributed by atoms with Gasteiger partial charge in [0.2, 0.25) is 17.4 Å². The summed E-state index contributed by atoms with van der Waals surface area (Å²) >= 11 is 2.19. The lowest BCUT2D eigenvalue weighted by atomic mass is 9.86. The fourth-order valence-electron chi connectivity index (χ4n) is 3.47. The third-order valence-electron chi connectivity index (χ3n) is 5.23. The Balaban J connectivity index is 1.46. The number of hydrogen-bond donors (Lipinski definition) is 3. The molecule has 2 aromatic rings. The lowest BCUT2D eigenvalue weighted by Crippen LogP contribution is -2.73. The largest absolute Gasteiger partial charge is 0.481 e. The molecule has 4 rings (SSSR count). The minimum Gasteiger partial charge on any atom is -0.481 e. The second-order valence-corrected chi connectivity index (χ2v) is 9.37. The van der Waals surface area contributed by atoms with Crippen LogP contribution in [0.5, 0.6) is 0 Å². The summed E-state index contributed by atoms with van der Waals surface area (Å²) in [4.78, 5) is 52.4. The number of amides is 2. The molecule has 2 unspecified atom stereocenters. The molecule has 178 valence electrons. The topological polar surface area (TPSA) is 173 Å². The van der Waals surface area contributed by atoms with Crippen molar-refractivity contribution >= 4 is 58.0 Å². The number of rotatable bonds is 8. The van der Waals surface area contributed by atoms with Crippen molar-refractivity contribution in [3.63, 3.8) is 0 Å². The summed E-state index contributed by atoms with van der Waals surface area (Å²) in [5, 5.41) is 16.1. The Morgan fingerprint density at radius 2 is 2.29 bits per heavy atom. The Morgan fingerprint density at radius 1 is 1.47 bits per heavy atom. The van der Waals surface area contributed by atoms with Gasteiger partial charge >= 0.3 is 5.97 Å². The van der Waals surface area contributed by atoms with E-state index in [4.69, 9.17) is 10.6 Å². The van der Waals surface area contributed by atoms with Gasteiger partial charge in [0.25, 0.3) is 5.91 Å². The van der Waals surface area contributed by atoms with Gasteiger partial charge in [-0.25, -0.2) is 0 Å². The van der Waals surface area contributed by atoms with Crippen molar-refractivity contribution in [2.24, 2.45) is 10.6 Å². The molecule has 14 heteroatoms. The van der Waals surface area contributed by atoms with Gasteiger partial charge in [0.15, 0.2) is 5.13 Å². The number of nitrogen functional groups attached to an aromatic ring is 1. The minimum atomic E-state index is -1.27. The van der Waals surface area contributed by atoms with Crippen LogP contribution in [0.4, 0.5) is 5.13 Å². The number of β-lactam (4-membered cyclic amide) rings is 1. The number of carboxylic acid groups (broad SMARTS) is 1. The number of nitrogens with one attached hydrogen (secondary N) is 1. The van der Waals surface area contributed by atoms with Crippen LogP contribution in [0.15, 0.2) is 35.6 Å². The normalized spacial score (nSPS) is 24.4. The smallest absolute Gasteiger partial charge is 0.316 e. The SMILES string of the molecule is CCON=C(C(=O)NC1C(=O)N2CC(C=Cc3ccccn3)(C(=O)O)CS[C@H]12)c1nsc(N)n1. The van der Waals surface area contributed by atoms with Gasteiger partial charge in [-0.3, -0.25) is 19.4 Å². The Labute approximate surface area is 202 Å². The van der Waals surface area contributed by atoms with E-state index in [-0.39, 0.29) is 41.5 Å². The van der Waals surface area contributed by atoms with Crippen LogP contribution in [0.3, 0.4) is 0 Å². The highest BCUT2D eigenvalue weighted by atomic mass is 32.2. The molecule has 0 spiro atoms. The predicted octanol–water partition coefficient (Wildman–Crippen LogP) is 0.440. The molecule has 12 nitrogen and oxygen atoms in total. The summed E-state index contributed by atoms with van der Waals surface area (Å²) < 4.78 is 3.98. The zero-order valence-corrected chi connectivity index (χ0v) is 19.6. The van der Waals surface area contributed by atoms with E-state index < -0.39 is 28.7 Å². The molecule has 0 bridgehead atoms. The number of anilines is 1. The van der Waals surface area contributed by atoms with E-state index in [9.17, 15) is 19.5 Å². The van der Waals surface area contributed by atoms with Gasteiger partial charge in [-0.1, -0.05) is 17.3 Å². The maximum Gasteiger partial charge on any atom is 0.316 e. The van der Waals surface area contributed by atoms with Crippen LogP contribution >= 0.6 is 23.3 Å². The Morgan fingerprint density at radius 3 is 2.94 bits per heavy atom. The summed E-state index contributed by atoms with van der Waals surface area (Å²) in [6.45, 7) is 1.90. The van der Waals surface area contributed by atoms with E-state index in [1.807, 2.05) is 0 Å². The third-order valence-corrected chi connectivity index (χ3v) is 7.33. The Kier molecular flexibility index (Phi) is 6.79. The van der Waals surface area contributed by atoms with Crippen molar-refractivity contribution in [1.82, 2.24) is 24.6 Å². The van der Waals surface area contributed by atoms with Crippen LogP contribution in [-0.2, 0) is 19.2 Å². The van der Waals surface area contributed by atoms with Crippen LogP contribution in [0.2, 0.25) is 0 Å². The molecule has 2 fully saturated rings. The van der Waals surface area contributed by atoms with Crippen molar-refractivity contribution in [2.45, 2.75) is 18.3 Å². The molecule has 2 aliphatic heterocycles. The monoisotopic (exact) mass is 503 g/mol.